The average molecular weight is 306 g/mol. The summed E-state index contributed by atoms with van der Waals surface area (Å²) in [6.45, 7) is 7.50. The van der Waals surface area contributed by atoms with Gasteiger partial charge in [0.2, 0.25) is 5.91 Å². The zero-order chi connectivity index (χ0) is 15.2. The summed E-state index contributed by atoms with van der Waals surface area (Å²) in [7, 11) is 0. The molecular weight excluding hydrogens is 284 g/mol. The van der Waals surface area contributed by atoms with Crippen LogP contribution in [0.25, 0.3) is 0 Å². The van der Waals surface area contributed by atoms with Crippen molar-refractivity contribution in [2.75, 3.05) is 6.54 Å². The van der Waals surface area contributed by atoms with E-state index in [1.165, 1.54) is 4.88 Å². The summed E-state index contributed by atoms with van der Waals surface area (Å²) in [6.07, 6.45) is 2.22. The summed E-state index contributed by atoms with van der Waals surface area (Å²) in [6, 6.07) is 2.05. The van der Waals surface area contributed by atoms with E-state index in [1.54, 1.807) is 11.3 Å². The maximum absolute atomic E-state index is 11.8. The lowest BCUT2D eigenvalue weighted by Gasteiger charge is -2.06. The number of thiazole rings is 1. The fourth-order valence-electron chi connectivity index (χ4n) is 2.26. The summed E-state index contributed by atoms with van der Waals surface area (Å²) >= 11 is 1.65. The molecule has 0 atom stereocenters. The second-order valence-corrected chi connectivity index (χ2v) is 6.15. The van der Waals surface area contributed by atoms with Crippen molar-refractivity contribution in [3.8, 4) is 0 Å². The van der Waals surface area contributed by atoms with Crippen LogP contribution in [0.4, 0.5) is 0 Å². The first kappa shape index (κ1) is 15.7. The standard InChI is InChI=1S/C15H22N4OS/c1-11-9-12(2)19(18-11)8-4-5-15(20)16-7-6-14-13(3)17-10-21-14/h9-10H,4-8H2,1-3H3,(H,16,20). The zero-order valence-corrected chi connectivity index (χ0v) is 13.7. The van der Waals surface area contributed by atoms with Gasteiger partial charge in [0.05, 0.1) is 16.9 Å². The molecule has 5 nitrogen and oxygen atoms in total. The second-order valence-electron chi connectivity index (χ2n) is 5.21. The number of aryl methyl sites for hydroxylation is 4. The monoisotopic (exact) mass is 306 g/mol. The second kappa shape index (κ2) is 7.36. The van der Waals surface area contributed by atoms with E-state index >= 15 is 0 Å². The van der Waals surface area contributed by atoms with E-state index in [4.69, 9.17) is 0 Å². The Balaban J connectivity index is 1.64. The minimum atomic E-state index is 0.110. The molecule has 0 saturated carbocycles. The lowest BCUT2D eigenvalue weighted by Crippen LogP contribution is -2.25. The Morgan fingerprint density at radius 2 is 2.19 bits per heavy atom. The van der Waals surface area contributed by atoms with Crippen molar-refractivity contribution < 1.29 is 4.79 Å². The molecule has 1 N–H and O–H groups in total. The van der Waals surface area contributed by atoms with Gasteiger partial charge in [0.25, 0.3) is 0 Å². The predicted molar refractivity (Wildman–Crippen MR) is 84.5 cm³/mol. The van der Waals surface area contributed by atoms with Crippen molar-refractivity contribution in [2.45, 2.75) is 46.6 Å². The maximum atomic E-state index is 11.8. The van der Waals surface area contributed by atoms with E-state index in [2.05, 4.69) is 21.5 Å². The number of hydrogen-bond donors (Lipinski definition) is 1. The van der Waals surface area contributed by atoms with Crippen LogP contribution in [0.2, 0.25) is 0 Å². The Labute approximate surface area is 129 Å². The van der Waals surface area contributed by atoms with E-state index in [0.29, 0.717) is 13.0 Å². The number of amides is 1. The third kappa shape index (κ3) is 4.67. The van der Waals surface area contributed by atoms with E-state index in [0.717, 1.165) is 36.5 Å². The maximum Gasteiger partial charge on any atom is 0.220 e. The van der Waals surface area contributed by atoms with Crippen LogP contribution in [0.15, 0.2) is 11.6 Å². The molecule has 2 rings (SSSR count). The van der Waals surface area contributed by atoms with Crippen LogP contribution < -0.4 is 5.32 Å². The molecular formula is C15H22N4OS. The number of hydrogen-bond acceptors (Lipinski definition) is 4. The van der Waals surface area contributed by atoms with Gasteiger partial charge in [-0.15, -0.1) is 11.3 Å². The molecule has 2 aromatic rings. The number of aromatic nitrogens is 3. The fraction of sp³-hybridized carbons (Fsp3) is 0.533. The van der Waals surface area contributed by atoms with Gasteiger partial charge in [0.1, 0.15) is 0 Å². The molecule has 0 aliphatic rings. The Bertz CT molecular complexity index is 603. The smallest absolute Gasteiger partial charge is 0.220 e. The highest BCUT2D eigenvalue weighted by Gasteiger charge is 2.05. The first-order chi connectivity index (χ1) is 10.1. The average Bonchev–Trinajstić information content (AvgIpc) is 2.96. The van der Waals surface area contributed by atoms with Crippen molar-refractivity contribution in [2.24, 2.45) is 0 Å². The number of nitrogens with one attached hydrogen (secondary N) is 1. The highest BCUT2D eigenvalue weighted by Crippen LogP contribution is 2.11. The largest absolute Gasteiger partial charge is 0.356 e. The van der Waals surface area contributed by atoms with Crippen molar-refractivity contribution >= 4 is 17.2 Å². The molecule has 0 aromatic carbocycles. The molecule has 0 saturated heterocycles. The van der Waals surface area contributed by atoms with Crippen LogP contribution in [-0.2, 0) is 17.8 Å². The van der Waals surface area contributed by atoms with Crippen LogP contribution in [0, 0.1) is 20.8 Å². The number of carbonyl (C=O) groups is 1. The first-order valence-electron chi connectivity index (χ1n) is 7.23. The van der Waals surface area contributed by atoms with Gasteiger partial charge >= 0.3 is 0 Å². The Kier molecular flexibility index (Phi) is 5.50. The summed E-state index contributed by atoms with van der Waals surface area (Å²) < 4.78 is 1.96. The van der Waals surface area contributed by atoms with E-state index < -0.39 is 0 Å². The number of carbonyl (C=O) groups excluding carboxylic acids is 1. The predicted octanol–water partition coefficient (Wildman–Crippen LogP) is 2.40. The van der Waals surface area contributed by atoms with Crippen molar-refractivity contribution in [3.05, 3.63) is 33.5 Å². The van der Waals surface area contributed by atoms with Crippen molar-refractivity contribution in [1.29, 1.82) is 0 Å². The third-order valence-electron chi connectivity index (χ3n) is 3.40. The molecule has 0 bridgehead atoms. The van der Waals surface area contributed by atoms with Gasteiger partial charge in [-0.3, -0.25) is 9.48 Å². The Hall–Kier alpha value is -1.69. The quantitative estimate of drug-likeness (QED) is 0.854. The van der Waals surface area contributed by atoms with Gasteiger partial charge in [-0.2, -0.15) is 5.10 Å². The van der Waals surface area contributed by atoms with Gasteiger partial charge in [0.15, 0.2) is 0 Å². The van der Waals surface area contributed by atoms with E-state index in [1.807, 2.05) is 31.0 Å². The lowest BCUT2D eigenvalue weighted by molar-refractivity contribution is -0.121. The number of rotatable bonds is 7. The highest BCUT2D eigenvalue weighted by molar-refractivity contribution is 7.09. The minimum absolute atomic E-state index is 0.110. The SMILES string of the molecule is Cc1cc(C)n(CCCC(=O)NCCc2scnc2C)n1. The molecule has 2 heterocycles. The minimum Gasteiger partial charge on any atom is -0.356 e. The highest BCUT2D eigenvalue weighted by atomic mass is 32.1. The molecule has 0 spiro atoms. The normalized spacial score (nSPS) is 10.8. The first-order valence-corrected chi connectivity index (χ1v) is 8.11. The van der Waals surface area contributed by atoms with Crippen LogP contribution in [0.1, 0.15) is 34.8 Å². The summed E-state index contributed by atoms with van der Waals surface area (Å²) in [5.74, 6) is 0.110. The molecule has 114 valence electrons. The van der Waals surface area contributed by atoms with Crippen LogP contribution >= 0.6 is 11.3 Å². The van der Waals surface area contributed by atoms with Crippen LogP contribution in [0.3, 0.4) is 0 Å². The molecule has 2 aromatic heterocycles. The van der Waals surface area contributed by atoms with Crippen LogP contribution in [0.5, 0.6) is 0 Å². The van der Waals surface area contributed by atoms with Gasteiger partial charge in [-0.1, -0.05) is 0 Å². The van der Waals surface area contributed by atoms with E-state index in [-0.39, 0.29) is 5.91 Å². The molecule has 0 unspecified atom stereocenters. The fourth-order valence-corrected chi connectivity index (χ4v) is 3.04. The molecule has 0 fully saturated rings. The Morgan fingerprint density at radius 1 is 1.38 bits per heavy atom. The van der Waals surface area contributed by atoms with Crippen molar-refractivity contribution in [1.82, 2.24) is 20.1 Å². The molecule has 6 heteroatoms. The number of nitrogens with zero attached hydrogens (tertiary/aromatic N) is 3. The van der Waals surface area contributed by atoms with E-state index in [9.17, 15) is 4.79 Å². The van der Waals surface area contributed by atoms with Gasteiger partial charge in [0, 0.05) is 36.5 Å². The molecule has 0 aliphatic carbocycles. The summed E-state index contributed by atoms with van der Waals surface area (Å²) in [5, 5.41) is 7.36. The summed E-state index contributed by atoms with van der Waals surface area (Å²) in [4.78, 5) is 17.2. The molecule has 0 radical (unpaired) electrons. The van der Waals surface area contributed by atoms with Gasteiger partial charge in [-0.05, 0) is 33.3 Å². The van der Waals surface area contributed by atoms with Gasteiger partial charge < -0.3 is 5.32 Å². The third-order valence-corrected chi connectivity index (χ3v) is 4.39. The molecule has 21 heavy (non-hydrogen) atoms. The van der Waals surface area contributed by atoms with Crippen LogP contribution in [-0.4, -0.2) is 27.2 Å². The topological polar surface area (TPSA) is 59.8 Å². The Morgan fingerprint density at radius 3 is 2.81 bits per heavy atom. The molecule has 1 amide bonds. The summed E-state index contributed by atoms with van der Waals surface area (Å²) in [5.41, 5.74) is 5.09. The molecule has 0 aliphatic heterocycles. The van der Waals surface area contributed by atoms with Crippen molar-refractivity contribution in [3.63, 3.8) is 0 Å². The van der Waals surface area contributed by atoms with Gasteiger partial charge in [-0.25, -0.2) is 4.98 Å². The zero-order valence-electron chi connectivity index (χ0n) is 12.8. The lowest BCUT2D eigenvalue weighted by atomic mass is 10.2.